The van der Waals surface area contributed by atoms with Gasteiger partial charge >= 0.3 is 0 Å². The second-order valence-corrected chi connectivity index (χ2v) is 17.3. The first-order chi connectivity index (χ1) is 23.0. The molecule has 222 valence electrons. The maximum atomic E-state index is 5.50. The second-order valence-electron chi connectivity index (χ2n) is 13.0. The molecular formula is C44H32N2Si. The Morgan fingerprint density at radius 1 is 0.426 bits per heavy atom. The van der Waals surface area contributed by atoms with Gasteiger partial charge in [0.1, 0.15) is 8.07 Å². The molecular weight excluding hydrogens is 585 g/mol. The third kappa shape index (κ3) is 4.54. The van der Waals surface area contributed by atoms with Gasteiger partial charge in [0, 0.05) is 22.0 Å². The second kappa shape index (κ2) is 10.7. The predicted molar refractivity (Wildman–Crippen MR) is 201 cm³/mol. The van der Waals surface area contributed by atoms with Crippen LogP contribution in [0, 0.1) is 0 Å². The zero-order chi connectivity index (χ0) is 31.5. The Labute approximate surface area is 276 Å². The van der Waals surface area contributed by atoms with Gasteiger partial charge in [-0.3, -0.25) is 0 Å². The number of aromatic nitrogens is 2. The lowest BCUT2D eigenvalue weighted by Crippen LogP contribution is -2.51. The standard InChI is InChI=1S/C44H32N2Si/c1-47(2)40-28-35-17-7-6-16-34(35)27-39(40)41-42(38-24-12-18-30-15-8-9-23-37(30)38)45-43(46-44(41)47)36-22-11-21-33(26-36)32-20-10-19-31(25-32)29-13-4-3-5-14-29/h3-28H,1-2H3. The molecule has 3 heteroatoms. The Kier molecular flexibility index (Phi) is 6.31. The van der Waals surface area contributed by atoms with E-state index in [4.69, 9.17) is 9.97 Å². The third-order valence-corrected chi connectivity index (χ3v) is 13.1. The Balaban J connectivity index is 1.27. The van der Waals surface area contributed by atoms with Crippen molar-refractivity contribution in [3.8, 4) is 56.0 Å². The normalized spacial score (nSPS) is 13.1. The molecule has 7 aromatic carbocycles. The largest absolute Gasteiger partial charge is 0.237 e. The molecule has 1 aliphatic rings. The van der Waals surface area contributed by atoms with Crippen LogP contribution in [0.5, 0.6) is 0 Å². The molecule has 0 N–H and O–H groups in total. The highest BCUT2D eigenvalue weighted by Gasteiger charge is 2.42. The van der Waals surface area contributed by atoms with Crippen molar-refractivity contribution in [2.75, 3.05) is 0 Å². The smallest absolute Gasteiger partial charge is 0.159 e. The fraction of sp³-hybridized carbons (Fsp3) is 0.0455. The summed E-state index contributed by atoms with van der Waals surface area (Å²) in [7, 11) is -2.17. The summed E-state index contributed by atoms with van der Waals surface area (Å²) in [6.07, 6.45) is 0. The zero-order valence-electron chi connectivity index (χ0n) is 26.4. The minimum absolute atomic E-state index is 0.783. The molecule has 0 amide bonds. The molecule has 0 saturated heterocycles. The molecule has 2 heterocycles. The van der Waals surface area contributed by atoms with Crippen molar-refractivity contribution in [2.45, 2.75) is 13.1 Å². The SMILES string of the molecule is C[Si]1(C)c2cc3ccccc3cc2-c2c(-c3cccc4ccccc34)nc(-c3cccc(-c4cccc(-c5ccccc5)c4)c3)nc21. The number of rotatable bonds is 4. The molecule has 0 aliphatic carbocycles. The average Bonchev–Trinajstić information content (AvgIpc) is 3.35. The molecule has 0 fully saturated rings. The monoisotopic (exact) mass is 616 g/mol. The first kappa shape index (κ1) is 27.6. The van der Waals surface area contributed by atoms with Crippen molar-refractivity contribution in [1.29, 1.82) is 0 Å². The van der Waals surface area contributed by atoms with Crippen molar-refractivity contribution in [3.63, 3.8) is 0 Å². The summed E-state index contributed by atoms with van der Waals surface area (Å²) in [6.45, 7) is 4.89. The Morgan fingerprint density at radius 3 is 1.74 bits per heavy atom. The first-order valence-electron chi connectivity index (χ1n) is 16.3. The van der Waals surface area contributed by atoms with Crippen LogP contribution in [-0.2, 0) is 0 Å². The number of nitrogens with zero attached hydrogens (tertiary/aromatic N) is 2. The molecule has 8 aromatic rings. The molecule has 1 aromatic heterocycles. The zero-order valence-corrected chi connectivity index (χ0v) is 27.4. The van der Waals surface area contributed by atoms with Gasteiger partial charge in [-0.2, -0.15) is 0 Å². The number of fused-ring (bicyclic) bond motifs is 5. The fourth-order valence-corrected chi connectivity index (χ4v) is 10.3. The summed E-state index contributed by atoms with van der Waals surface area (Å²) < 4.78 is 0. The van der Waals surface area contributed by atoms with Gasteiger partial charge in [0.25, 0.3) is 0 Å². The lowest BCUT2D eigenvalue weighted by Gasteiger charge is -2.19. The topological polar surface area (TPSA) is 25.8 Å². The van der Waals surface area contributed by atoms with Crippen molar-refractivity contribution >= 4 is 40.1 Å². The average molecular weight is 617 g/mol. The Morgan fingerprint density at radius 2 is 0.979 bits per heavy atom. The molecule has 9 rings (SSSR count). The van der Waals surface area contributed by atoms with E-state index in [9.17, 15) is 0 Å². The molecule has 2 nitrogen and oxygen atoms in total. The van der Waals surface area contributed by atoms with Crippen molar-refractivity contribution < 1.29 is 0 Å². The lowest BCUT2D eigenvalue weighted by atomic mass is 9.94. The van der Waals surface area contributed by atoms with E-state index >= 15 is 0 Å². The molecule has 0 radical (unpaired) electrons. The maximum Gasteiger partial charge on any atom is 0.159 e. The summed E-state index contributed by atoms with van der Waals surface area (Å²) in [6, 6.07) is 56.8. The lowest BCUT2D eigenvalue weighted by molar-refractivity contribution is 1.21. The van der Waals surface area contributed by atoms with E-state index in [1.165, 1.54) is 59.9 Å². The van der Waals surface area contributed by atoms with E-state index in [0.717, 1.165) is 28.2 Å². The van der Waals surface area contributed by atoms with Crippen LogP contribution in [0.25, 0.3) is 77.6 Å². The van der Waals surface area contributed by atoms with Gasteiger partial charge in [-0.25, -0.2) is 9.97 Å². The molecule has 0 atom stereocenters. The van der Waals surface area contributed by atoms with Crippen LogP contribution < -0.4 is 10.5 Å². The van der Waals surface area contributed by atoms with Crippen LogP contribution >= 0.6 is 0 Å². The van der Waals surface area contributed by atoms with E-state index in [0.29, 0.717) is 0 Å². The van der Waals surface area contributed by atoms with Crippen LogP contribution in [0.1, 0.15) is 0 Å². The Hall–Kier alpha value is -5.64. The molecule has 47 heavy (non-hydrogen) atoms. The van der Waals surface area contributed by atoms with Gasteiger partial charge < -0.3 is 0 Å². The summed E-state index contributed by atoms with van der Waals surface area (Å²) in [5.74, 6) is 0.783. The maximum absolute atomic E-state index is 5.50. The van der Waals surface area contributed by atoms with Crippen LogP contribution in [0.3, 0.4) is 0 Å². The van der Waals surface area contributed by atoms with E-state index < -0.39 is 8.07 Å². The molecule has 0 unspecified atom stereocenters. The quantitative estimate of drug-likeness (QED) is 0.184. The van der Waals surface area contributed by atoms with Gasteiger partial charge in [-0.05, 0) is 72.7 Å². The van der Waals surface area contributed by atoms with Crippen LogP contribution in [-0.4, -0.2) is 18.0 Å². The Bertz CT molecular complexity index is 2490. The van der Waals surface area contributed by atoms with Gasteiger partial charge in [0.15, 0.2) is 5.82 Å². The van der Waals surface area contributed by atoms with Gasteiger partial charge in [0.05, 0.1) is 5.69 Å². The van der Waals surface area contributed by atoms with Crippen molar-refractivity contribution in [2.24, 2.45) is 0 Å². The third-order valence-electron chi connectivity index (χ3n) is 9.80. The van der Waals surface area contributed by atoms with Crippen LogP contribution in [0.15, 0.2) is 158 Å². The molecule has 1 aliphatic heterocycles. The van der Waals surface area contributed by atoms with Crippen molar-refractivity contribution in [3.05, 3.63) is 158 Å². The number of benzene rings is 7. The van der Waals surface area contributed by atoms with E-state index in [1.807, 2.05) is 0 Å². The fourth-order valence-electron chi connectivity index (χ4n) is 7.36. The van der Waals surface area contributed by atoms with E-state index in [2.05, 4.69) is 171 Å². The highest BCUT2D eigenvalue weighted by Crippen LogP contribution is 2.40. The van der Waals surface area contributed by atoms with Crippen LogP contribution in [0.4, 0.5) is 0 Å². The van der Waals surface area contributed by atoms with E-state index in [1.54, 1.807) is 0 Å². The van der Waals surface area contributed by atoms with Gasteiger partial charge in [0.2, 0.25) is 0 Å². The van der Waals surface area contributed by atoms with Crippen molar-refractivity contribution in [1.82, 2.24) is 9.97 Å². The highest BCUT2D eigenvalue weighted by atomic mass is 28.3. The summed E-state index contributed by atoms with van der Waals surface area (Å²) in [5, 5.41) is 7.61. The summed E-state index contributed by atoms with van der Waals surface area (Å²) in [4.78, 5) is 11.0. The number of hydrogen-bond acceptors (Lipinski definition) is 2. The van der Waals surface area contributed by atoms with Gasteiger partial charge in [-0.15, -0.1) is 0 Å². The highest BCUT2D eigenvalue weighted by molar-refractivity contribution is 7.03. The molecule has 0 bridgehead atoms. The summed E-state index contributed by atoms with van der Waals surface area (Å²) in [5.41, 5.74) is 10.5. The molecule has 0 saturated carbocycles. The van der Waals surface area contributed by atoms with Gasteiger partial charge in [-0.1, -0.05) is 153 Å². The van der Waals surface area contributed by atoms with Crippen LogP contribution in [0.2, 0.25) is 13.1 Å². The first-order valence-corrected chi connectivity index (χ1v) is 19.3. The minimum atomic E-state index is -2.17. The number of hydrogen-bond donors (Lipinski definition) is 0. The predicted octanol–water partition coefficient (Wildman–Crippen LogP) is 10.3. The van der Waals surface area contributed by atoms with E-state index in [-0.39, 0.29) is 0 Å². The minimum Gasteiger partial charge on any atom is -0.237 e. The molecule has 0 spiro atoms. The summed E-state index contributed by atoms with van der Waals surface area (Å²) >= 11 is 0.